The van der Waals surface area contributed by atoms with Crippen LogP contribution in [0, 0.1) is 0 Å². The molecule has 2 saturated heterocycles. The summed E-state index contributed by atoms with van der Waals surface area (Å²) in [5.74, 6) is -0.0272. The van der Waals surface area contributed by atoms with E-state index in [0.29, 0.717) is 11.6 Å². The molecular weight excluding hydrogens is 252 g/mol. The molecule has 96 valence electrons. The van der Waals surface area contributed by atoms with Gasteiger partial charge < -0.3 is 15.0 Å². The van der Waals surface area contributed by atoms with Crippen LogP contribution in [0.5, 0.6) is 0 Å². The monoisotopic (exact) mass is 266 g/mol. The van der Waals surface area contributed by atoms with E-state index in [-0.39, 0.29) is 18.1 Å². The number of nitrogens with zero attached hydrogens (tertiary/aromatic N) is 1. The highest BCUT2D eigenvalue weighted by molar-refractivity contribution is 6.33. The molecule has 0 radical (unpaired) electrons. The molecule has 2 fully saturated rings. The molecule has 1 N–H and O–H groups in total. The number of amides is 1. The minimum Gasteiger partial charge on any atom is -0.362 e. The number of morpholine rings is 1. The maximum atomic E-state index is 12.0. The van der Waals surface area contributed by atoms with Crippen molar-refractivity contribution < 1.29 is 9.53 Å². The normalized spacial score (nSPS) is 28.1. The zero-order valence-electron chi connectivity index (χ0n) is 9.99. The van der Waals surface area contributed by atoms with Crippen molar-refractivity contribution >= 4 is 23.2 Å². The van der Waals surface area contributed by atoms with E-state index < -0.39 is 0 Å². The second kappa shape index (κ2) is 4.53. The number of rotatable bonds is 1. The molecule has 0 bridgehead atoms. The van der Waals surface area contributed by atoms with Gasteiger partial charge >= 0.3 is 0 Å². The van der Waals surface area contributed by atoms with Crippen molar-refractivity contribution in [3.05, 3.63) is 29.3 Å². The van der Waals surface area contributed by atoms with Crippen LogP contribution < -0.4 is 10.2 Å². The molecule has 0 aliphatic carbocycles. The number of hydrogen-bond acceptors (Lipinski definition) is 3. The Labute approximate surface area is 111 Å². The lowest BCUT2D eigenvalue weighted by Gasteiger charge is -2.39. The summed E-state index contributed by atoms with van der Waals surface area (Å²) in [6, 6.07) is 7.44. The first-order valence-corrected chi connectivity index (χ1v) is 6.48. The molecule has 18 heavy (non-hydrogen) atoms. The van der Waals surface area contributed by atoms with Crippen molar-refractivity contribution in [1.29, 1.82) is 0 Å². The van der Waals surface area contributed by atoms with Gasteiger partial charge in [0.15, 0.2) is 0 Å². The van der Waals surface area contributed by atoms with Crippen molar-refractivity contribution in [2.24, 2.45) is 0 Å². The summed E-state index contributed by atoms with van der Waals surface area (Å²) in [6.45, 7) is 2.43. The lowest BCUT2D eigenvalue weighted by atomic mass is 10.00. The molecule has 1 spiro atoms. The minimum atomic E-state index is -0.243. The van der Waals surface area contributed by atoms with Crippen molar-refractivity contribution in [2.45, 2.75) is 12.0 Å². The van der Waals surface area contributed by atoms with E-state index in [1.165, 1.54) is 0 Å². The average Bonchev–Trinajstić information content (AvgIpc) is 2.82. The zero-order valence-corrected chi connectivity index (χ0v) is 10.7. The molecule has 1 amide bonds. The predicted molar refractivity (Wildman–Crippen MR) is 70.0 cm³/mol. The summed E-state index contributed by atoms with van der Waals surface area (Å²) in [4.78, 5) is 13.8. The van der Waals surface area contributed by atoms with E-state index in [4.69, 9.17) is 16.3 Å². The molecule has 0 aromatic heterocycles. The smallest absolute Gasteiger partial charge is 0.253 e. The standard InChI is InChI=1S/C13H15ClN2O2/c14-10-3-1-2-4-11(10)16-9-13(5-6-15-8-13)18-7-12(16)17/h1-4,15H,5-9H2. The third-order valence-corrected chi connectivity index (χ3v) is 3.92. The lowest BCUT2D eigenvalue weighted by molar-refractivity contribution is -0.136. The van der Waals surface area contributed by atoms with Crippen LogP contribution in [0.25, 0.3) is 0 Å². The number of carbonyl (C=O) groups is 1. The number of carbonyl (C=O) groups excluding carboxylic acids is 1. The van der Waals surface area contributed by atoms with E-state index in [0.717, 1.165) is 25.2 Å². The second-order valence-corrected chi connectivity index (χ2v) is 5.24. The van der Waals surface area contributed by atoms with Gasteiger partial charge in [0.1, 0.15) is 12.2 Å². The summed E-state index contributed by atoms with van der Waals surface area (Å²) in [7, 11) is 0. The number of halogens is 1. The maximum Gasteiger partial charge on any atom is 0.253 e. The molecule has 1 aromatic rings. The van der Waals surface area contributed by atoms with Crippen molar-refractivity contribution in [3.63, 3.8) is 0 Å². The first kappa shape index (κ1) is 12.0. The number of para-hydroxylation sites is 1. The van der Waals surface area contributed by atoms with E-state index in [9.17, 15) is 4.79 Å². The van der Waals surface area contributed by atoms with Gasteiger partial charge in [0.25, 0.3) is 5.91 Å². The Morgan fingerprint density at radius 3 is 2.94 bits per heavy atom. The molecule has 2 aliphatic rings. The first-order chi connectivity index (χ1) is 8.70. The fourth-order valence-electron chi connectivity index (χ4n) is 2.58. The van der Waals surface area contributed by atoms with Gasteiger partial charge in [-0.3, -0.25) is 4.79 Å². The second-order valence-electron chi connectivity index (χ2n) is 4.83. The van der Waals surface area contributed by atoms with Gasteiger partial charge in [0, 0.05) is 6.54 Å². The molecule has 1 atom stereocenters. The Morgan fingerprint density at radius 2 is 2.22 bits per heavy atom. The minimum absolute atomic E-state index is 0.0272. The maximum absolute atomic E-state index is 12.0. The Balaban J connectivity index is 1.90. The molecule has 1 unspecified atom stereocenters. The summed E-state index contributed by atoms with van der Waals surface area (Å²) in [5.41, 5.74) is 0.534. The van der Waals surface area contributed by atoms with Crippen LogP contribution in [0.2, 0.25) is 5.02 Å². The van der Waals surface area contributed by atoms with Crippen LogP contribution >= 0.6 is 11.6 Å². The Hall–Kier alpha value is -1.10. The van der Waals surface area contributed by atoms with Crippen LogP contribution in [0.4, 0.5) is 5.69 Å². The van der Waals surface area contributed by atoms with Gasteiger partial charge in [-0.05, 0) is 25.1 Å². The van der Waals surface area contributed by atoms with Gasteiger partial charge in [0.05, 0.1) is 17.3 Å². The van der Waals surface area contributed by atoms with Crippen LogP contribution in [-0.2, 0) is 9.53 Å². The van der Waals surface area contributed by atoms with E-state index >= 15 is 0 Å². The molecule has 2 heterocycles. The van der Waals surface area contributed by atoms with Crippen molar-refractivity contribution in [2.75, 3.05) is 31.1 Å². The molecule has 2 aliphatic heterocycles. The largest absolute Gasteiger partial charge is 0.362 e. The predicted octanol–water partition coefficient (Wildman–Crippen LogP) is 1.44. The Bertz CT molecular complexity index is 472. The number of benzene rings is 1. The number of nitrogens with one attached hydrogen (secondary N) is 1. The fraction of sp³-hybridized carbons (Fsp3) is 0.462. The third-order valence-electron chi connectivity index (χ3n) is 3.60. The SMILES string of the molecule is O=C1COC2(CCNC2)CN1c1ccccc1Cl. The first-order valence-electron chi connectivity index (χ1n) is 6.10. The van der Waals surface area contributed by atoms with Crippen molar-refractivity contribution in [1.82, 2.24) is 5.32 Å². The average molecular weight is 267 g/mol. The van der Waals surface area contributed by atoms with Gasteiger partial charge in [-0.2, -0.15) is 0 Å². The van der Waals surface area contributed by atoms with Gasteiger partial charge in [-0.15, -0.1) is 0 Å². The number of anilines is 1. The molecule has 5 heteroatoms. The topological polar surface area (TPSA) is 41.6 Å². The highest BCUT2D eigenvalue weighted by atomic mass is 35.5. The fourth-order valence-corrected chi connectivity index (χ4v) is 2.82. The highest BCUT2D eigenvalue weighted by Crippen LogP contribution is 2.32. The molecule has 1 aromatic carbocycles. The van der Waals surface area contributed by atoms with Gasteiger partial charge in [0.2, 0.25) is 0 Å². The van der Waals surface area contributed by atoms with Gasteiger partial charge in [-0.25, -0.2) is 0 Å². The van der Waals surface area contributed by atoms with Crippen LogP contribution in [0.3, 0.4) is 0 Å². The van der Waals surface area contributed by atoms with Crippen LogP contribution in [0.15, 0.2) is 24.3 Å². The Morgan fingerprint density at radius 1 is 1.39 bits per heavy atom. The third kappa shape index (κ3) is 2.00. The lowest BCUT2D eigenvalue weighted by Crippen LogP contribution is -2.56. The molecule has 0 saturated carbocycles. The summed E-state index contributed by atoms with van der Waals surface area (Å²) < 4.78 is 5.73. The van der Waals surface area contributed by atoms with E-state index in [2.05, 4.69) is 5.32 Å². The molecule has 4 nitrogen and oxygen atoms in total. The van der Waals surface area contributed by atoms with Crippen molar-refractivity contribution in [3.8, 4) is 0 Å². The summed E-state index contributed by atoms with van der Waals surface area (Å²) >= 11 is 6.17. The molecule has 3 rings (SSSR count). The number of ether oxygens (including phenoxy) is 1. The van der Waals surface area contributed by atoms with E-state index in [1.54, 1.807) is 11.0 Å². The van der Waals surface area contributed by atoms with Gasteiger partial charge in [-0.1, -0.05) is 23.7 Å². The van der Waals surface area contributed by atoms with E-state index in [1.807, 2.05) is 18.2 Å². The summed E-state index contributed by atoms with van der Waals surface area (Å²) in [5, 5.41) is 3.89. The quantitative estimate of drug-likeness (QED) is 0.836. The molecular formula is C13H15ClN2O2. The zero-order chi connectivity index (χ0) is 12.6. The Kier molecular flexibility index (Phi) is 3.01. The summed E-state index contributed by atoms with van der Waals surface area (Å²) in [6.07, 6.45) is 0.932. The highest BCUT2D eigenvalue weighted by Gasteiger charge is 2.42. The number of hydrogen-bond donors (Lipinski definition) is 1. The van der Waals surface area contributed by atoms with Crippen LogP contribution in [-0.4, -0.2) is 37.7 Å². The van der Waals surface area contributed by atoms with Crippen LogP contribution in [0.1, 0.15) is 6.42 Å².